The number of nitrogens with one attached hydrogen (secondary N) is 1. The average molecular weight is 419 g/mol. The minimum absolute atomic E-state index is 0.0311. The van der Waals surface area contributed by atoms with Gasteiger partial charge in [-0.2, -0.15) is 26.3 Å². The van der Waals surface area contributed by atoms with Gasteiger partial charge >= 0.3 is 12.4 Å². The van der Waals surface area contributed by atoms with Gasteiger partial charge in [0.05, 0.1) is 22.5 Å². The number of hydrogen-bond acceptors (Lipinski definition) is 3. The topological polar surface area (TPSA) is 42.2 Å². The minimum atomic E-state index is -5.02. The van der Waals surface area contributed by atoms with E-state index in [-0.39, 0.29) is 12.6 Å². The van der Waals surface area contributed by atoms with Crippen molar-refractivity contribution in [1.82, 2.24) is 5.32 Å². The fraction of sp³-hybridized carbons (Fsp3) is 0.167. The quantitative estimate of drug-likeness (QED) is 0.529. The predicted octanol–water partition coefficient (Wildman–Crippen LogP) is 5.98. The molecule has 1 N–H and O–H groups in total. The van der Waals surface area contributed by atoms with E-state index < -0.39 is 35.0 Å². The SMILES string of the molecule is O=C(NCc1ccc(-c2cccs2)o1)c1cc(C(F)(F)F)cc(C(F)(F)F)c1. The van der Waals surface area contributed by atoms with Gasteiger partial charge in [0.25, 0.3) is 5.91 Å². The van der Waals surface area contributed by atoms with Crippen LogP contribution in [0.2, 0.25) is 0 Å². The van der Waals surface area contributed by atoms with Crippen LogP contribution >= 0.6 is 11.3 Å². The lowest BCUT2D eigenvalue weighted by Gasteiger charge is -2.14. The summed E-state index contributed by atoms with van der Waals surface area (Å²) >= 11 is 1.42. The van der Waals surface area contributed by atoms with Crippen LogP contribution in [0.25, 0.3) is 10.6 Å². The third-order valence-electron chi connectivity index (χ3n) is 3.70. The van der Waals surface area contributed by atoms with E-state index in [1.165, 1.54) is 11.3 Å². The van der Waals surface area contributed by atoms with E-state index in [9.17, 15) is 31.1 Å². The molecule has 1 amide bonds. The Morgan fingerprint density at radius 2 is 1.61 bits per heavy atom. The highest BCUT2D eigenvalue weighted by molar-refractivity contribution is 7.13. The normalized spacial score (nSPS) is 12.2. The molecular formula is C18H11F6NO2S. The molecule has 0 spiro atoms. The molecule has 148 valence electrons. The van der Waals surface area contributed by atoms with Crippen LogP contribution in [0.4, 0.5) is 26.3 Å². The van der Waals surface area contributed by atoms with Gasteiger partial charge in [0, 0.05) is 5.56 Å². The maximum absolute atomic E-state index is 12.9. The molecule has 3 rings (SSSR count). The molecule has 3 aromatic rings. The van der Waals surface area contributed by atoms with Crippen LogP contribution in [0.1, 0.15) is 27.2 Å². The molecule has 0 radical (unpaired) electrons. The van der Waals surface area contributed by atoms with E-state index in [0.29, 0.717) is 23.7 Å². The van der Waals surface area contributed by atoms with E-state index in [2.05, 4.69) is 5.32 Å². The molecule has 28 heavy (non-hydrogen) atoms. The van der Waals surface area contributed by atoms with Crippen molar-refractivity contribution in [2.24, 2.45) is 0 Å². The standard InChI is InChI=1S/C18H11F6NO2S/c19-17(20,21)11-6-10(7-12(8-11)18(22,23)24)16(26)25-9-13-3-4-14(27-13)15-2-1-5-28-15/h1-8H,9H2,(H,25,26). The summed E-state index contributed by atoms with van der Waals surface area (Å²) in [5.74, 6) is -0.233. The molecule has 2 heterocycles. The number of amides is 1. The number of alkyl halides is 6. The third kappa shape index (κ3) is 4.56. The number of halogens is 6. The summed E-state index contributed by atoms with van der Waals surface area (Å²) in [7, 11) is 0. The van der Waals surface area contributed by atoms with Crippen molar-refractivity contribution >= 4 is 17.2 Å². The molecule has 0 saturated heterocycles. The van der Waals surface area contributed by atoms with Gasteiger partial charge in [-0.3, -0.25) is 4.79 Å². The highest BCUT2D eigenvalue weighted by atomic mass is 32.1. The number of rotatable bonds is 4. The zero-order valence-electron chi connectivity index (χ0n) is 13.8. The average Bonchev–Trinajstić information content (AvgIpc) is 3.29. The Balaban J connectivity index is 1.78. The van der Waals surface area contributed by atoms with E-state index in [0.717, 1.165) is 4.88 Å². The first-order valence-electron chi connectivity index (χ1n) is 7.74. The molecule has 1 aromatic carbocycles. The monoisotopic (exact) mass is 419 g/mol. The molecule has 0 unspecified atom stereocenters. The molecule has 0 bridgehead atoms. The van der Waals surface area contributed by atoms with Crippen LogP contribution < -0.4 is 5.32 Å². The largest absolute Gasteiger partial charge is 0.458 e. The van der Waals surface area contributed by atoms with Crippen molar-refractivity contribution in [3.63, 3.8) is 0 Å². The molecule has 0 aliphatic rings. The summed E-state index contributed by atoms with van der Waals surface area (Å²) in [4.78, 5) is 13.0. The summed E-state index contributed by atoms with van der Waals surface area (Å²) in [6.07, 6.45) is -10.0. The lowest BCUT2D eigenvalue weighted by Crippen LogP contribution is -2.24. The fourth-order valence-corrected chi connectivity index (χ4v) is 3.07. The Kier molecular flexibility index (Phi) is 5.24. The minimum Gasteiger partial charge on any atom is -0.458 e. The summed E-state index contributed by atoms with van der Waals surface area (Å²) in [5.41, 5.74) is -3.84. The van der Waals surface area contributed by atoms with Crippen molar-refractivity contribution in [3.05, 3.63) is 70.3 Å². The number of carbonyl (C=O) groups is 1. The van der Waals surface area contributed by atoms with E-state index in [1.54, 1.807) is 12.1 Å². The van der Waals surface area contributed by atoms with Gasteiger partial charge in [-0.05, 0) is 41.8 Å². The van der Waals surface area contributed by atoms with Gasteiger partial charge in [-0.25, -0.2) is 0 Å². The van der Waals surface area contributed by atoms with Crippen molar-refractivity contribution in [1.29, 1.82) is 0 Å². The van der Waals surface area contributed by atoms with E-state index in [4.69, 9.17) is 4.42 Å². The van der Waals surface area contributed by atoms with Crippen molar-refractivity contribution in [2.75, 3.05) is 0 Å². The van der Waals surface area contributed by atoms with Crippen LogP contribution in [-0.2, 0) is 18.9 Å². The predicted molar refractivity (Wildman–Crippen MR) is 89.6 cm³/mol. The third-order valence-corrected chi connectivity index (χ3v) is 4.58. The number of thiophene rings is 1. The summed E-state index contributed by atoms with van der Waals surface area (Å²) in [5, 5.41) is 4.11. The van der Waals surface area contributed by atoms with Gasteiger partial charge in [0.2, 0.25) is 0 Å². The molecule has 0 saturated carbocycles. The Labute approximate surface area is 158 Å². The first kappa shape index (κ1) is 20.0. The van der Waals surface area contributed by atoms with Gasteiger partial charge in [0.1, 0.15) is 11.5 Å². The summed E-state index contributed by atoms with van der Waals surface area (Å²) in [6, 6.07) is 7.56. The van der Waals surface area contributed by atoms with Gasteiger partial charge in [-0.15, -0.1) is 11.3 Å². The highest BCUT2D eigenvalue weighted by Gasteiger charge is 2.37. The Hall–Kier alpha value is -2.75. The second kappa shape index (κ2) is 7.34. The van der Waals surface area contributed by atoms with Gasteiger partial charge in [0.15, 0.2) is 0 Å². The molecule has 0 atom stereocenters. The van der Waals surface area contributed by atoms with Crippen LogP contribution in [0.15, 0.2) is 52.3 Å². The van der Waals surface area contributed by atoms with Crippen molar-refractivity contribution < 1.29 is 35.6 Å². The molecular weight excluding hydrogens is 408 g/mol. The first-order valence-corrected chi connectivity index (χ1v) is 8.62. The maximum atomic E-state index is 12.9. The molecule has 2 aromatic heterocycles. The Morgan fingerprint density at radius 3 is 2.14 bits per heavy atom. The fourth-order valence-electron chi connectivity index (χ4n) is 2.38. The van der Waals surface area contributed by atoms with Crippen LogP contribution in [-0.4, -0.2) is 5.91 Å². The van der Waals surface area contributed by atoms with Crippen molar-refractivity contribution in [2.45, 2.75) is 18.9 Å². The highest BCUT2D eigenvalue weighted by Crippen LogP contribution is 2.36. The lowest BCUT2D eigenvalue weighted by molar-refractivity contribution is -0.143. The molecule has 0 aliphatic carbocycles. The Bertz CT molecular complexity index is 941. The zero-order valence-corrected chi connectivity index (χ0v) is 14.6. The maximum Gasteiger partial charge on any atom is 0.416 e. The van der Waals surface area contributed by atoms with E-state index in [1.807, 2.05) is 17.5 Å². The molecule has 0 fully saturated rings. The first-order chi connectivity index (χ1) is 13.0. The smallest absolute Gasteiger partial charge is 0.416 e. The lowest BCUT2D eigenvalue weighted by atomic mass is 10.0. The number of hydrogen-bond donors (Lipinski definition) is 1. The zero-order chi connectivity index (χ0) is 20.5. The molecule has 3 nitrogen and oxygen atoms in total. The summed E-state index contributed by atoms with van der Waals surface area (Å²) in [6.45, 7) is -0.193. The van der Waals surface area contributed by atoms with Crippen molar-refractivity contribution in [3.8, 4) is 10.6 Å². The second-order valence-corrected chi connectivity index (χ2v) is 6.67. The summed E-state index contributed by atoms with van der Waals surface area (Å²) < 4.78 is 82.8. The molecule has 10 heteroatoms. The molecule has 0 aliphatic heterocycles. The Morgan fingerprint density at radius 1 is 0.964 bits per heavy atom. The van der Waals surface area contributed by atoms with Crippen LogP contribution in [0.3, 0.4) is 0 Å². The number of benzene rings is 1. The number of furan rings is 1. The van der Waals surface area contributed by atoms with Gasteiger partial charge in [-0.1, -0.05) is 6.07 Å². The number of carbonyl (C=O) groups excluding carboxylic acids is 1. The van der Waals surface area contributed by atoms with Gasteiger partial charge < -0.3 is 9.73 Å². The van der Waals surface area contributed by atoms with E-state index >= 15 is 0 Å². The second-order valence-electron chi connectivity index (χ2n) is 5.72. The van der Waals surface area contributed by atoms with Crippen LogP contribution in [0.5, 0.6) is 0 Å². The van der Waals surface area contributed by atoms with Crippen LogP contribution in [0, 0.1) is 0 Å².